The highest BCUT2D eigenvalue weighted by Gasteiger charge is 2.21. The maximum Gasteiger partial charge on any atom is 0.339 e. The van der Waals surface area contributed by atoms with E-state index in [9.17, 15) is 19.7 Å². The zero-order valence-electron chi connectivity index (χ0n) is 12.5. The second-order valence-electron chi connectivity index (χ2n) is 4.77. The number of nitrogens with one attached hydrogen (secondary N) is 1. The molecule has 0 aliphatic carbocycles. The van der Waals surface area contributed by atoms with Crippen LogP contribution in [-0.4, -0.2) is 22.9 Å². The van der Waals surface area contributed by atoms with E-state index in [-0.39, 0.29) is 22.3 Å². The molecule has 0 radical (unpaired) electrons. The Labute approximate surface area is 145 Å². The monoisotopic (exact) mass is 396 g/mol. The first-order chi connectivity index (χ1) is 11.4. The van der Waals surface area contributed by atoms with Gasteiger partial charge >= 0.3 is 5.97 Å². The number of benzene rings is 1. The molecule has 0 aliphatic rings. The van der Waals surface area contributed by atoms with Crippen LogP contribution in [0.25, 0.3) is 0 Å². The van der Waals surface area contributed by atoms with Gasteiger partial charge < -0.3 is 14.5 Å². The van der Waals surface area contributed by atoms with Gasteiger partial charge in [0.15, 0.2) is 6.10 Å². The lowest BCUT2D eigenvalue weighted by molar-refractivity contribution is -0.385. The van der Waals surface area contributed by atoms with E-state index in [4.69, 9.17) is 9.15 Å². The summed E-state index contributed by atoms with van der Waals surface area (Å²) in [7, 11) is 0. The van der Waals surface area contributed by atoms with Crippen LogP contribution in [0.4, 0.5) is 5.69 Å². The molecule has 9 heteroatoms. The van der Waals surface area contributed by atoms with Crippen molar-refractivity contribution >= 4 is 33.5 Å². The molecule has 1 heterocycles. The zero-order chi connectivity index (χ0) is 17.7. The van der Waals surface area contributed by atoms with Gasteiger partial charge in [-0.2, -0.15) is 0 Å². The second-order valence-corrected chi connectivity index (χ2v) is 5.62. The summed E-state index contributed by atoms with van der Waals surface area (Å²) in [6.45, 7) is 1.57. The van der Waals surface area contributed by atoms with Crippen molar-refractivity contribution in [3.05, 3.63) is 62.5 Å². The molecule has 0 fully saturated rings. The van der Waals surface area contributed by atoms with Crippen LogP contribution in [0.2, 0.25) is 0 Å². The van der Waals surface area contributed by atoms with Crippen LogP contribution < -0.4 is 5.32 Å². The van der Waals surface area contributed by atoms with E-state index in [0.717, 1.165) is 6.07 Å². The molecule has 0 spiro atoms. The first kappa shape index (κ1) is 17.7. The predicted molar refractivity (Wildman–Crippen MR) is 86.2 cm³/mol. The number of rotatable bonds is 6. The number of hydrogen-bond acceptors (Lipinski definition) is 6. The second kappa shape index (κ2) is 7.73. The van der Waals surface area contributed by atoms with Crippen LogP contribution in [0.15, 0.2) is 45.5 Å². The molecular weight excluding hydrogens is 384 g/mol. The van der Waals surface area contributed by atoms with E-state index in [1.54, 1.807) is 12.1 Å². The number of ether oxygens (including phenoxy) is 1. The van der Waals surface area contributed by atoms with E-state index in [1.165, 1.54) is 25.3 Å². The van der Waals surface area contributed by atoms with Gasteiger partial charge in [0.2, 0.25) is 0 Å². The number of esters is 1. The lowest BCUT2D eigenvalue weighted by atomic mass is 10.2. The highest BCUT2D eigenvalue weighted by atomic mass is 79.9. The molecule has 8 nitrogen and oxygen atoms in total. The van der Waals surface area contributed by atoms with Crippen LogP contribution in [0, 0.1) is 10.1 Å². The average Bonchev–Trinajstić information content (AvgIpc) is 3.05. The van der Waals surface area contributed by atoms with Crippen LogP contribution in [0.5, 0.6) is 0 Å². The number of nitro benzene ring substituents is 1. The summed E-state index contributed by atoms with van der Waals surface area (Å²) < 4.78 is 10.3. The molecule has 1 atom stereocenters. The summed E-state index contributed by atoms with van der Waals surface area (Å²) in [5.41, 5.74) is -0.282. The lowest BCUT2D eigenvalue weighted by Gasteiger charge is -2.13. The summed E-state index contributed by atoms with van der Waals surface area (Å²) in [5, 5.41) is 13.4. The van der Waals surface area contributed by atoms with Crippen molar-refractivity contribution in [1.82, 2.24) is 5.32 Å². The summed E-state index contributed by atoms with van der Waals surface area (Å²) in [5.74, 6) is -0.775. The summed E-state index contributed by atoms with van der Waals surface area (Å²) in [4.78, 5) is 34.2. The minimum Gasteiger partial charge on any atom is -0.467 e. The number of nitrogens with zero attached hydrogens (tertiary/aromatic N) is 1. The van der Waals surface area contributed by atoms with Crippen molar-refractivity contribution in [2.75, 3.05) is 0 Å². The largest absolute Gasteiger partial charge is 0.467 e. The highest BCUT2D eigenvalue weighted by Crippen LogP contribution is 2.26. The molecule has 0 saturated carbocycles. The highest BCUT2D eigenvalue weighted by molar-refractivity contribution is 9.10. The Morgan fingerprint density at radius 3 is 2.79 bits per heavy atom. The van der Waals surface area contributed by atoms with Crippen molar-refractivity contribution in [2.24, 2.45) is 0 Å². The number of carbonyl (C=O) groups is 2. The maximum absolute atomic E-state index is 12.0. The summed E-state index contributed by atoms with van der Waals surface area (Å²) >= 11 is 3.03. The number of hydrogen-bond donors (Lipinski definition) is 1. The fourth-order valence-corrected chi connectivity index (χ4v) is 2.18. The molecule has 2 rings (SSSR count). The number of nitro groups is 1. The summed E-state index contributed by atoms with van der Waals surface area (Å²) in [6, 6.07) is 7.20. The summed E-state index contributed by atoms with van der Waals surface area (Å²) in [6.07, 6.45) is 0.418. The molecule has 1 N–H and O–H groups in total. The SMILES string of the molecule is C[C@H](OC(=O)c1ccc(Br)c([N+](=O)[O-])c1)C(=O)NCc1ccco1. The van der Waals surface area contributed by atoms with E-state index in [0.29, 0.717) is 5.76 Å². The first-order valence-electron chi connectivity index (χ1n) is 6.83. The Balaban J connectivity index is 1.96. The normalized spacial score (nSPS) is 11.6. The van der Waals surface area contributed by atoms with Crippen molar-refractivity contribution in [3.63, 3.8) is 0 Å². The van der Waals surface area contributed by atoms with Gasteiger partial charge in [-0.05, 0) is 47.1 Å². The molecule has 126 valence electrons. The Hall–Kier alpha value is -2.68. The average molecular weight is 397 g/mol. The van der Waals surface area contributed by atoms with Gasteiger partial charge in [-0.1, -0.05) is 0 Å². The van der Waals surface area contributed by atoms with Crippen molar-refractivity contribution in [1.29, 1.82) is 0 Å². The topological polar surface area (TPSA) is 112 Å². The van der Waals surface area contributed by atoms with Crippen molar-refractivity contribution < 1.29 is 23.7 Å². The van der Waals surface area contributed by atoms with E-state index >= 15 is 0 Å². The third kappa shape index (κ3) is 4.42. The molecule has 0 unspecified atom stereocenters. The molecule has 1 aromatic heterocycles. The Morgan fingerprint density at radius 2 is 2.17 bits per heavy atom. The Bertz CT molecular complexity index is 759. The van der Waals surface area contributed by atoms with Gasteiger partial charge in [0.1, 0.15) is 5.76 Å². The smallest absolute Gasteiger partial charge is 0.339 e. The zero-order valence-corrected chi connectivity index (χ0v) is 14.1. The molecular formula is C15H13BrN2O6. The third-order valence-corrected chi connectivity index (χ3v) is 3.72. The van der Waals surface area contributed by atoms with Crippen molar-refractivity contribution in [3.8, 4) is 0 Å². The van der Waals surface area contributed by atoms with Gasteiger partial charge in [0.05, 0.1) is 27.8 Å². The third-order valence-electron chi connectivity index (χ3n) is 3.05. The van der Waals surface area contributed by atoms with Gasteiger partial charge in [-0.15, -0.1) is 0 Å². The number of carbonyl (C=O) groups excluding carboxylic acids is 2. The minimum atomic E-state index is -1.06. The predicted octanol–water partition coefficient (Wildman–Crippen LogP) is 2.81. The van der Waals surface area contributed by atoms with E-state index < -0.39 is 22.9 Å². The molecule has 0 saturated heterocycles. The lowest BCUT2D eigenvalue weighted by Crippen LogP contribution is -2.35. The van der Waals surface area contributed by atoms with Crippen LogP contribution >= 0.6 is 15.9 Å². The van der Waals surface area contributed by atoms with Gasteiger partial charge in [0.25, 0.3) is 11.6 Å². The molecule has 0 aliphatic heterocycles. The molecule has 1 amide bonds. The number of furan rings is 1. The molecule has 0 bridgehead atoms. The number of amides is 1. The number of halogens is 1. The molecule has 2 aromatic rings. The van der Waals surface area contributed by atoms with E-state index in [1.807, 2.05) is 0 Å². The maximum atomic E-state index is 12.0. The minimum absolute atomic E-state index is 0.0180. The first-order valence-corrected chi connectivity index (χ1v) is 7.63. The fraction of sp³-hybridized carbons (Fsp3) is 0.200. The molecule has 1 aromatic carbocycles. The van der Waals surface area contributed by atoms with Crippen molar-refractivity contribution in [2.45, 2.75) is 19.6 Å². The Morgan fingerprint density at radius 1 is 1.42 bits per heavy atom. The molecule has 24 heavy (non-hydrogen) atoms. The van der Waals surface area contributed by atoms with Gasteiger partial charge in [-0.25, -0.2) is 4.79 Å². The van der Waals surface area contributed by atoms with Crippen LogP contribution in [0.1, 0.15) is 23.0 Å². The van der Waals surface area contributed by atoms with Gasteiger partial charge in [0, 0.05) is 6.07 Å². The fourth-order valence-electron chi connectivity index (χ4n) is 1.79. The van der Waals surface area contributed by atoms with E-state index in [2.05, 4.69) is 21.2 Å². The van der Waals surface area contributed by atoms with Crippen LogP contribution in [0.3, 0.4) is 0 Å². The quantitative estimate of drug-likeness (QED) is 0.456. The van der Waals surface area contributed by atoms with Crippen LogP contribution in [-0.2, 0) is 16.1 Å². The Kier molecular flexibility index (Phi) is 5.69. The standard InChI is InChI=1S/C15H13BrN2O6/c1-9(14(19)17-8-11-3-2-6-23-11)24-15(20)10-4-5-12(16)13(7-10)18(21)22/h2-7,9H,8H2,1H3,(H,17,19)/t9-/m0/s1. The van der Waals surface area contributed by atoms with Gasteiger partial charge in [-0.3, -0.25) is 14.9 Å².